The van der Waals surface area contributed by atoms with Gasteiger partial charge in [0.25, 0.3) is 0 Å². The van der Waals surface area contributed by atoms with E-state index in [2.05, 4.69) is 10.0 Å². The average molecular weight is 348 g/mol. The summed E-state index contributed by atoms with van der Waals surface area (Å²) in [7, 11) is -3.64. The number of rotatable bonds is 8. The molecule has 1 atom stereocenters. The number of hydrogen-bond donors (Lipinski definition) is 3. The van der Waals surface area contributed by atoms with Crippen molar-refractivity contribution < 1.29 is 13.2 Å². The molecule has 8 heteroatoms. The predicted octanol–water partition coefficient (Wildman–Crippen LogP) is 1.11. The van der Waals surface area contributed by atoms with Crippen LogP contribution in [0.5, 0.6) is 0 Å². The van der Waals surface area contributed by atoms with Gasteiger partial charge in [-0.1, -0.05) is 31.5 Å². The van der Waals surface area contributed by atoms with Crippen molar-refractivity contribution >= 4 is 27.5 Å². The highest BCUT2D eigenvalue weighted by Crippen LogP contribution is 2.14. The van der Waals surface area contributed by atoms with Gasteiger partial charge >= 0.3 is 0 Å². The number of amides is 1. The second-order valence-corrected chi connectivity index (χ2v) is 7.59. The van der Waals surface area contributed by atoms with Gasteiger partial charge in [0.2, 0.25) is 15.9 Å². The quantitative estimate of drug-likeness (QED) is 0.613. The van der Waals surface area contributed by atoms with Gasteiger partial charge in [0.1, 0.15) is 0 Å². The summed E-state index contributed by atoms with van der Waals surface area (Å²) in [6.45, 7) is 4.21. The number of sulfonamides is 1. The third kappa shape index (κ3) is 6.31. The first-order chi connectivity index (χ1) is 10.2. The highest BCUT2D eigenvalue weighted by molar-refractivity contribution is 7.89. The molecule has 1 aromatic rings. The van der Waals surface area contributed by atoms with Gasteiger partial charge in [-0.15, -0.1) is 0 Å². The van der Waals surface area contributed by atoms with Crippen molar-refractivity contribution in [3.05, 3.63) is 29.3 Å². The van der Waals surface area contributed by atoms with E-state index >= 15 is 0 Å². The van der Waals surface area contributed by atoms with Crippen LogP contribution in [0.2, 0.25) is 5.02 Å². The zero-order chi connectivity index (χ0) is 16.8. The molecule has 6 nitrogen and oxygen atoms in total. The second kappa shape index (κ2) is 8.47. The van der Waals surface area contributed by atoms with Crippen LogP contribution in [0.1, 0.15) is 20.3 Å². The molecule has 0 heterocycles. The Morgan fingerprint density at radius 2 is 2.00 bits per heavy atom. The van der Waals surface area contributed by atoms with Gasteiger partial charge in [-0.3, -0.25) is 4.79 Å². The molecule has 0 aliphatic rings. The minimum atomic E-state index is -3.64. The zero-order valence-electron chi connectivity index (χ0n) is 12.7. The van der Waals surface area contributed by atoms with E-state index in [-0.39, 0.29) is 23.9 Å². The van der Waals surface area contributed by atoms with Crippen LogP contribution < -0.4 is 15.8 Å². The van der Waals surface area contributed by atoms with Crippen LogP contribution in [0, 0.1) is 5.92 Å². The SMILES string of the molecule is CC(C)C[C@H](N)C(=O)NCCNS(=O)(=O)c1cccc(Cl)c1. The summed E-state index contributed by atoms with van der Waals surface area (Å²) in [5, 5.41) is 2.95. The Balaban J connectivity index is 2.42. The summed E-state index contributed by atoms with van der Waals surface area (Å²) in [6, 6.07) is 5.39. The van der Waals surface area contributed by atoms with Gasteiger partial charge in [0.15, 0.2) is 0 Å². The molecule has 0 aromatic heterocycles. The van der Waals surface area contributed by atoms with Crippen LogP contribution in [0.15, 0.2) is 29.2 Å². The van der Waals surface area contributed by atoms with Crippen molar-refractivity contribution in [2.75, 3.05) is 13.1 Å². The fourth-order valence-corrected chi connectivity index (χ4v) is 3.17. The lowest BCUT2D eigenvalue weighted by molar-refractivity contribution is -0.122. The Labute approximate surface area is 136 Å². The molecule has 0 saturated carbocycles. The maximum absolute atomic E-state index is 12.0. The van der Waals surface area contributed by atoms with Crippen LogP contribution in [0.4, 0.5) is 0 Å². The van der Waals surface area contributed by atoms with E-state index in [0.29, 0.717) is 17.4 Å². The maximum atomic E-state index is 12.0. The molecule has 4 N–H and O–H groups in total. The lowest BCUT2D eigenvalue weighted by Crippen LogP contribution is -2.44. The summed E-state index contributed by atoms with van der Waals surface area (Å²) in [4.78, 5) is 11.8. The van der Waals surface area contributed by atoms with Crippen LogP contribution in [0.25, 0.3) is 0 Å². The Morgan fingerprint density at radius 1 is 1.32 bits per heavy atom. The highest BCUT2D eigenvalue weighted by Gasteiger charge is 2.16. The first kappa shape index (κ1) is 18.9. The van der Waals surface area contributed by atoms with E-state index in [4.69, 9.17) is 17.3 Å². The smallest absolute Gasteiger partial charge is 0.240 e. The molecule has 1 rings (SSSR count). The van der Waals surface area contributed by atoms with Gasteiger partial charge in [-0.2, -0.15) is 0 Å². The minimum Gasteiger partial charge on any atom is -0.353 e. The summed E-state index contributed by atoms with van der Waals surface area (Å²) >= 11 is 5.77. The molecule has 124 valence electrons. The second-order valence-electron chi connectivity index (χ2n) is 5.38. The molecule has 0 bridgehead atoms. The molecular formula is C14H22ClN3O3S. The normalized spacial score (nSPS) is 13.1. The zero-order valence-corrected chi connectivity index (χ0v) is 14.2. The highest BCUT2D eigenvalue weighted by atomic mass is 35.5. The minimum absolute atomic E-state index is 0.0784. The van der Waals surface area contributed by atoms with Crippen molar-refractivity contribution in [1.29, 1.82) is 0 Å². The number of benzene rings is 1. The first-order valence-corrected chi connectivity index (χ1v) is 8.87. The topological polar surface area (TPSA) is 101 Å². The third-order valence-corrected chi connectivity index (χ3v) is 4.58. The van der Waals surface area contributed by atoms with E-state index < -0.39 is 16.1 Å². The molecule has 0 radical (unpaired) electrons. The average Bonchev–Trinajstić information content (AvgIpc) is 2.42. The van der Waals surface area contributed by atoms with Crippen LogP contribution in [-0.2, 0) is 14.8 Å². The molecule has 0 spiro atoms. The first-order valence-electron chi connectivity index (χ1n) is 7.01. The summed E-state index contributed by atoms with van der Waals surface area (Å²) < 4.78 is 26.4. The molecule has 0 saturated heterocycles. The van der Waals surface area contributed by atoms with E-state index in [0.717, 1.165) is 0 Å². The van der Waals surface area contributed by atoms with Crippen LogP contribution >= 0.6 is 11.6 Å². The number of nitrogens with one attached hydrogen (secondary N) is 2. The fraction of sp³-hybridized carbons (Fsp3) is 0.500. The largest absolute Gasteiger partial charge is 0.353 e. The molecule has 22 heavy (non-hydrogen) atoms. The Kier molecular flexibility index (Phi) is 7.28. The molecular weight excluding hydrogens is 326 g/mol. The van der Waals surface area contributed by atoms with Crippen molar-refractivity contribution in [2.24, 2.45) is 11.7 Å². The Hall–Kier alpha value is -1.15. The molecule has 0 aliphatic carbocycles. The van der Waals surface area contributed by atoms with Crippen molar-refractivity contribution in [3.8, 4) is 0 Å². The van der Waals surface area contributed by atoms with Crippen LogP contribution in [-0.4, -0.2) is 33.5 Å². The lowest BCUT2D eigenvalue weighted by atomic mass is 10.0. The summed E-state index contributed by atoms with van der Waals surface area (Å²) in [5.41, 5.74) is 5.73. The van der Waals surface area contributed by atoms with Crippen molar-refractivity contribution in [3.63, 3.8) is 0 Å². The maximum Gasteiger partial charge on any atom is 0.240 e. The molecule has 0 fully saturated rings. The van der Waals surface area contributed by atoms with Gasteiger partial charge < -0.3 is 11.1 Å². The van der Waals surface area contributed by atoms with Gasteiger partial charge in [0, 0.05) is 18.1 Å². The number of carbonyl (C=O) groups excluding carboxylic acids is 1. The number of nitrogens with two attached hydrogens (primary N) is 1. The fourth-order valence-electron chi connectivity index (χ4n) is 1.83. The van der Waals surface area contributed by atoms with Gasteiger partial charge in [0.05, 0.1) is 10.9 Å². The summed E-state index contributed by atoms with van der Waals surface area (Å²) in [5.74, 6) is 0.0396. The molecule has 1 amide bonds. The Morgan fingerprint density at radius 3 is 2.59 bits per heavy atom. The standard InChI is InChI=1S/C14H22ClN3O3S/c1-10(2)8-13(16)14(19)17-6-7-18-22(20,21)12-5-3-4-11(15)9-12/h3-5,9-10,13,18H,6-8,16H2,1-2H3,(H,17,19)/t13-/m0/s1. The van der Waals surface area contributed by atoms with E-state index in [9.17, 15) is 13.2 Å². The van der Waals surface area contributed by atoms with Crippen molar-refractivity contribution in [1.82, 2.24) is 10.0 Å². The van der Waals surface area contributed by atoms with Crippen LogP contribution in [0.3, 0.4) is 0 Å². The summed E-state index contributed by atoms with van der Waals surface area (Å²) in [6.07, 6.45) is 0.583. The van der Waals surface area contributed by atoms with E-state index in [1.54, 1.807) is 12.1 Å². The van der Waals surface area contributed by atoms with E-state index in [1.165, 1.54) is 12.1 Å². The third-order valence-electron chi connectivity index (χ3n) is 2.88. The lowest BCUT2D eigenvalue weighted by Gasteiger charge is -2.14. The van der Waals surface area contributed by atoms with E-state index in [1.807, 2.05) is 13.8 Å². The Bertz CT molecular complexity index is 605. The van der Waals surface area contributed by atoms with Gasteiger partial charge in [-0.05, 0) is 30.5 Å². The molecule has 0 aliphatic heterocycles. The molecule has 1 aromatic carbocycles. The van der Waals surface area contributed by atoms with Gasteiger partial charge in [-0.25, -0.2) is 13.1 Å². The van der Waals surface area contributed by atoms with Crippen molar-refractivity contribution in [2.45, 2.75) is 31.2 Å². The number of halogens is 1. The predicted molar refractivity (Wildman–Crippen MR) is 87.1 cm³/mol. The monoisotopic (exact) mass is 347 g/mol. The number of hydrogen-bond acceptors (Lipinski definition) is 4. The number of carbonyl (C=O) groups is 1. The molecule has 0 unspecified atom stereocenters.